The van der Waals surface area contributed by atoms with Gasteiger partial charge in [0.25, 0.3) is 0 Å². The zero-order chi connectivity index (χ0) is 11.5. The zero-order valence-electron chi connectivity index (χ0n) is 9.07. The van der Waals surface area contributed by atoms with E-state index in [0.717, 1.165) is 4.90 Å². The number of amides is 1. The van der Waals surface area contributed by atoms with Crippen LogP contribution < -0.4 is 5.32 Å². The quantitative estimate of drug-likeness (QED) is 0.719. The molecule has 0 heterocycles. The van der Waals surface area contributed by atoms with Gasteiger partial charge in [0.15, 0.2) is 0 Å². The lowest BCUT2D eigenvalue weighted by molar-refractivity contribution is 0.0636. The Labute approximate surface area is 95.2 Å². The van der Waals surface area contributed by atoms with Crippen molar-refractivity contribution in [2.75, 3.05) is 5.32 Å². The molecule has 0 aliphatic heterocycles. The fourth-order valence-corrected chi connectivity index (χ4v) is 1.12. The van der Waals surface area contributed by atoms with Gasteiger partial charge in [-0.3, -0.25) is 5.32 Å². The summed E-state index contributed by atoms with van der Waals surface area (Å²) in [6.45, 7) is 5.47. The first-order valence-electron chi connectivity index (χ1n) is 4.66. The second-order valence-electron chi connectivity index (χ2n) is 4.17. The van der Waals surface area contributed by atoms with Gasteiger partial charge in [0.05, 0.1) is 0 Å². The van der Waals surface area contributed by atoms with Crippen LogP contribution in [0, 0.1) is 0 Å². The van der Waals surface area contributed by atoms with Crippen LogP contribution in [-0.4, -0.2) is 11.7 Å². The minimum absolute atomic E-state index is 0.450. The second-order valence-corrected chi connectivity index (χ2v) is 4.69. The molecule has 82 valence electrons. The third-order valence-electron chi connectivity index (χ3n) is 1.51. The van der Waals surface area contributed by atoms with Crippen LogP contribution in [0.2, 0.25) is 0 Å². The normalized spacial score (nSPS) is 10.9. The van der Waals surface area contributed by atoms with Crippen molar-refractivity contribution < 1.29 is 9.53 Å². The molecule has 0 aromatic heterocycles. The van der Waals surface area contributed by atoms with Gasteiger partial charge in [0, 0.05) is 10.6 Å². The SMILES string of the molecule is CC(C)(C)OC(=O)Nc1ccc(S)cc1. The van der Waals surface area contributed by atoms with Crippen LogP contribution in [0.15, 0.2) is 29.2 Å². The molecule has 15 heavy (non-hydrogen) atoms. The van der Waals surface area contributed by atoms with Crippen LogP contribution in [0.5, 0.6) is 0 Å². The summed E-state index contributed by atoms with van der Waals surface area (Å²) in [5.41, 5.74) is 0.218. The average Bonchev–Trinajstić information content (AvgIpc) is 2.05. The van der Waals surface area contributed by atoms with Crippen molar-refractivity contribution in [2.24, 2.45) is 0 Å². The molecule has 0 fully saturated rings. The van der Waals surface area contributed by atoms with Gasteiger partial charge >= 0.3 is 6.09 Å². The molecule has 0 saturated heterocycles. The third kappa shape index (κ3) is 4.74. The number of hydrogen-bond donors (Lipinski definition) is 2. The Hall–Kier alpha value is -1.16. The molecule has 0 unspecified atom stereocenters. The van der Waals surface area contributed by atoms with E-state index < -0.39 is 11.7 Å². The predicted octanol–water partition coefficient (Wildman–Crippen LogP) is 3.32. The molecule has 1 rings (SSSR count). The summed E-state index contributed by atoms with van der Waals surface area (Å²) in [4.78, 5) is 12.2. The summed E-state index contributed by atoms with van der Waals surface area (Å²) in [6, 6.07) is 7.14. The number of rotatable bonds is 1. The van der Waals surface area contributed by atoms with E-state index in [4.69, 9.17) is 4.74 Å². The van der Waals surface area contributed by atoms with Crippen LogP contribution in [-0.2, 0) is 4.74 Å². The number of carbonyl (C=O) groups excluding carboxylic acids is 1. The lowest BCUT2D eigenvalue weighted by atomic mass is 10.2. The maximum absolute atomic E-state index is 11.4. The minimum atomic E-state index is -0.479. The van der Waals surface area contributed by atoms with Crippen molar-refractivity contribution in [3.8, 4) is 0 Å². The summed E-state index contributed by atoms with van der Waals surface area (Å²) in [6.07, 6.45) is -0.450. The van der Waals surface area contributed by atoms with E-state index in [-0.39, 0.29) is 0 Å². The van der Waals surface area contributed by atoms with Crippen molar-refractivity contribution >= 4 is 24.4 Å². The van der Waals surface area contributed by atoms with E-state index in [1.165, 1.54) is 0 Å². The molecule has 1 amide bonds. The van der Waals surface area contributed by atoms with Crippen LogP contribution in [0.1, 0.15) is 20.8 Å². The van der Waals surface area contributed by atoms with Gasteiger partial charge in [-0.1, -0.05) is 0 Å². The molecule has 0 radical (unpaired) electrons. The topological polar surface area (TPSA) is 38.3 Å². The zero-order valence-corrected chi connectivity index (χ0v) is 9.97. The van der Waals surface area contributed by atoms with Crippen LogP contribution in [0.3, 0.4) is 0 Å². The van der Waals surface area contributed by atoms with Gasteiger partial charge in [0.2, 0.25) is 0 Å². The highest BCUT2D eigenvalue weighted by molar-refractivity contribution is 7.80. The summed E-state index contributed by atoms with van der Waals surface area (Å²) >= 11 is 4.15. The standard InChI is InChI=1S/C11H15NO2S/c1-11(2,3)14-10(13)12-8-4-6-9(15)7-5-8/h4-7,15H,1-3H3,(H,12,13). The number of carbonyl (C=O) groups is 1. The Bertz CT molecular complexity index is 341. The van der Waals surface area contributed by atoms with Crippen molar-refractivity contribution in [1.82, 2.24) is 0 Å². The number of anilines is 1. The molecule has 0 spiro atoms. The van der Waals surface area contributed by atoms with Crippen molar-refractivity contribution in [1.29, 1.82) is 0 Å². The van der Waals surface area contributed by atoms with Crippen molar-refractivity contribution in [3.05, 3.63) is 24.3 Å². The highest BCUT2D eigenvalue weighted by Gasteiger charge is 2.15. The first kappa shape index (κ1) is 11.9. The number of nitrogens with one attached hydrogen (secondary N) is 1. The molecular weight excluding hydrogens is 210 g/mol. The van der Waals surface area contributed by atoms with E-state index >= 15 is 0 Å². The van der Waals surface area contributed by atoms with Crippen LogP contribution >= 0.6 is 12.6 Å². The average molecular weight is 225 g/mol. The van der Waals surface area contributed by atoms with Gasteiger partial charge in [-0.05, 0) is 45.0 Å². The molecule has 1 N–H and O–H groups in total. The van der Waals surface area contributed by atoms with Crippen molar-refractivity contribution in [3.63, 3.8) is 0 Å². The minimum Gasteiger partial charge on any atom is -0.444 e. The van der Waals surface area contributed by atoms with Crippen molar-refractivity contribution in [2.45, 2.75) is 31.3 Å². The largest absolute Gasteiger partial charge is 0.444 e. The molecule has 4 heteroatoms. The maximum Gasteiger partial charge on any atom is 0.412 e. The summed E-state index contributed by atoms with van der Waals surface area (Å²) < 4.78 is 5.10. The Morgan fingerprint density at radius 1 is 1.27 bits per heavy atom. The molecule has 0 aliphatic carbocycles. The van der Waals surface area contributed by atoms with E-state index in [1.807, 2.05) is 20.8 Å². The number of hydrogen-bond acceptors (Lipinski definition) is 3. The van der Waals surface area contributed by atoms with E-state index in [1.54, 1.807) is 24.3 Å². The Morgan fingerprint density at radius 3 is 2.27 bits per heavy atom. The molecule has 1 aromatic carbocycles. The first-order chi connectivity index (χ1) is 6.87. The molecule has 0 aliphatic rings. The molecule has 0 atom stereocenters. The summed E-state index contributed by atoms with van der Waals surface area (Å²) in [7, 11) is 0. The van der Waals surface area contributed by atoms with E-state index in [0.29, 0.717) is 5.69 Å². The monoisotopic (exact) mass is 225 g/mol. The molecule has 0 saturated carbocycles. The fourth-order valence-electron chi connectivity index (χ4n) is 0.966. The van der Waals surface area contributed by atoms with E-state index in [2.05, 4.69) is 17.9 Å². The van der Waals surface area contributed by atoms with E-state index in [9.17, 15) is 4.79 Å². The van der Waals surface area contributed by atoms with Crippen LogP contribution in [0.4, 0.5) is 10.5 Å². The second kappa shape index (κ2) is 4.57. The summed E-state index contributed by atoms with van der Waals surface area (Å²) in [5.74, 6) is 0. The molecule has 3 nitrogen and oxygen atoms in total. The molecular formula is C11H15NO2S. The number of benzene rings is 1. The lowest BCUT2D eigenvalue weighted by Gasteiger charge is -2.19. The number of ether oxygens (including phenoxy) is 1. The predicted molar refractivity (Wildman–Crippen MR) is 63.6 cm³/mol. The first-order valence-corrected chi connectivity index (χ1v) is 5.10. The number of thiol groups is 1. The van der Waals surface area contributed by atoms with Gasteiger partial charge in [-0.15, -0.1) is 12.6 Å². The van der Waals surface area contributed by atoms with Gasteiger partial charge < -0.3 is 4.74 Å². The van der Waals surface area contributed by atoms with Gasteiger partial charge in [-0.25, -0.2) is 4.79 Å². The summed E-state index contributed by atoms with van der Waals surface area (Å²) in [5, 5.41) is 2.63. The lowest BCUT2D eigenvalue weighted by Crippen LogP contribution is -2.27. The molecule has 0 bridgehead atoms. The van der Waals surface area contributed by atoms with Gasteiger partial charge in [-0.2, -0.15) is 0 Å². The maximum atomic E-state index is 11.4. The molecule has 1 aromatic rings. The smallest absolute Gasteiger partial charge is 0.412 e. The Balaban J connectivity index is 2.55. The Morgan fingerprint density at radius 2 is 1.80 bits per heavy atom. The fraction of sp³-hybridized carbons (Fsp3) is 0.364. The van der Waals surface area contributed by atoms with Gasteiger partial charge in [0.1, 0.15) is 5.60 Å². The highest BCUT2D eigenvalue weighted by atomic mass is 32.1. The third-order valence-corrected chi connectivity index (χ3v) is 1.81. The highest BCUT2D eigenvalue weighted by Crippen LogP contribution is 2.14. The Kier molecular flexibility index (Phi) is 3.63. The van der Waals surface area contributed by atoms with Crippen LogP contribution in [0.25, 0.3) is 0 Å².